The first-order valence-corrected chi connectivity index (χ1v) is 12.4. The zero-order chi connectivity index (χ0) is 21.2. The van der Waals surface area contributed by atoms with Gasteiger partial charge in [0.15, 0.2) is 0 Å². The number of ether oxygens (including phenoxy) is 1. The van der Waals surface area contributed by atoms with Gasteiger partial charge in [-0.15, -0.1) is 0 Å². The van der Waals surface area contributed by atoms with Crippen LogP contribution < -0.4 is 9.46 Å². The Morgan fingerprint density at radius 3 is 2.41 bits per heavy atom. The molecule has 10 heteroatoms. The lowest BCUT2D eigenvalue weighted by Gasteiger charge is -2.21. The molecule has 0 bridgehead atoms. The summed E-state index contributed by atoms with van der Waals surface area (Å²) in [6, 6.07) is 13.5. The number of nitrogens with zero attached hydrogens (tertiary/aromatic N) is 2. The van der Waals surface area contributed by atoms with Crippen molar-refractivity contribution >= 4 is 31.4 Å². The zero-order valence-corrected chi connectivity index (χ0v) is 18.0. The third-order valence-corrected chi connectivity index (χ3v) is 6.88. The summed E-state index contributed by atoms with van der Waals surface area (Å²) < 4.78 is 57.1. The average molecular weight is 438 g/mol. The molecule has 0 aliphatic carbocycles. The van der Waals surface area contributed by atoms with Gasteiger partial charge in [0.25, 0.3) is 0 Å². The molecule has 1 aliphatic rings. The van der Waals surface area contributed by atoms with Crippen LogP contribution in [0.5, 0.6) is 5.75 Å². The van der Waals surface area contributed by atoms with Crippen LogP contribution in [0.4, 0.5) is 5.69 Å². The lowest BCUT2D eigenvalue weighted by Crippen LogP contribution is -2.25. The molecule has 0 saturated carbocycles. The smallest absolute Gasteiger partial charge is 0.247 e. The Morgan fingerprint density at radius 1 is 1.14 bits per heavy atom. The summed E-state index contributed by atoms with van der Waals surface area (Å²) in [6.45, 7) is 1.55. The van der Waals surface area contributed by atoms with Crippen molar-refractivity contribution in [2.75, 3.05) is 23.8 Å². The molecule has 8 nitrogen and oxygen atoms in total. The molecule has 1 unspecified atom stereocenters. The Labute approximate surface area is 171 Å². The predicted octanol–water partition coefficient (Wildman–Crippen LogP) is 2.57. The van der Waals surface area contributed by atoms with Gasteiger partial charge < -0.3 is 4.74 Å². The number of benzene rings is 2. The van der Waals surface area contributed by atoms with Gasteiger partial charge in [0.1, 0.15) is 5.75 Å². The number of methoxy groups -OCH3 is 1. The van der Waals surface area contributed by atoms with Crippen molar-refractivity contribution in [3.63, 3.8) is 0 Å². The molecule has 0 saturated heterocycles. The van der Waals surface area contributed by atoms with Crippen LogP contribution in [0.3, 0.4) is 0 Å². The fourth-order valence-electron chi connectivity index (χ4n) is 3.06. The Morgan fingerprint density at radius 2 is 1.83 bits per heavy atom. The van der Waals surface area contributed by atoms with Gasteiger partial charge >= 0.3 is 0 Å². The van der Waals surface area contributed by atoms with E-state index in [1.165, 1.54) is 0 Å². The summed E-state index contributed by atoms with van der Waals surface area (Å²) in [5.74, 6) is 0.634. The summed E-state index contributed by atoms with van der Waals surface area (Å²) >= 11 is 0. The molecule has 0 aromatic heterocycles. The van der Waals surface area contributed by atoms with E-state index >= 15 is 0 Å². The van der Waals surface area contributed by atoms with Crippen molar-refractivity contribution in [3.05, 3.63) is 59.7 Å². The first kappa shape index (κ1) is 21.1. The standard InChI is InChI=1S/C19H23N3O5S2/c1-4-29(25,26)21-16-7-5-6-15(12-16)18-13-19(22(20-18)28(3,23)24)14-8-10-17(27-2)11-9-14/h5-12,19,21H,4,13H2,1-3H3. The maximum atomic E-state index is 12.3. The van der Waals surface area contributed by atoms with Gasteiger partial charge in [-0.2, -0.15) is 9.52 Å². The number of hydrazone groups is 1. The molecule has 0 radical (unpaired) electrons. The van der Waals surface area contributed by atoms with Gasteiger partial charge in [0.2, 0.25) is 20.0 Å². The van der Waals surface area contributed by atoms with Crippen LogP contribution in [-0.2, 0) is 20.0 Å². The van der Waals surface area contributed by atoms with Crippen LogP contribution in [-0.4, -0.2) is 46.1 Å². The van der Waals surface area contributed by atoms with E-state index in [0.717, 1.165) is 16.2 Å². The molecule has 29 heavy (non-hydrogen) atoms. The molecule has 3 rings (SSSR count). The van der Waals surface area contributed by atoms with E-state index in [1.807, 2.05) is 12.1 Å². The highest BCUT2D eigenvalue weighted by molar-refractivity contribution is 7.92. The molecule has 2 aromatic carbocycles. The predicted molar refractivity (Wildman–Crippen MR) is 113 cm³/mol. The monoisotopic (exact) mass is 437 g/mol. The minimum atomic E-state index is -3.60. The lowest BCUT2D eigenvalue weighted by atomic mass is 9.99. The van der Waals surface area contributed by atoms with E-state index in [9.17, 15) is 16.8 Å². The highest BCUT2D eigenvalue weighted by atomic mass is 32.2. The van der Waals surface area contributed by atoms with E-state index in [1.54, 1.807) is 50.4 Å². The minimum absolute atomic E-state index is 0.0421. The summed E-state index contributed by atoms with van der Waals surface area (Å²) in [4.78, 5) is 0. The quantitative estimate of drug-likeness (QED) is 0.717. The van der Waals surface area contributed by atoms with Gasteiger partial charge in [-0.05, 0) is 42.3 Å². The number of sulfonamides is 2. The number of rotatable bonds is 7. The summed E-state index contributed by atoms with van der Waals surface area (Å²) in [6.07, 6.45) is 1.48. The Kier molecular flexibility index (Phi) is 5.85. The minimum Gasteiger partial charge on any atom is -0.497 e. The second-order valence-corrected chi connectivity index (χ2v) is 10.5. The molecule has 1 heterocycles. The van der Waals surface area contributed by atoms with Crippen molar-refractivity contribution in [2.45, 2.75) is 19.4 Å². The number of hydrogen-bond donors (Lipinski definition) is 1. The highest BCUT2D eigenvalue weighted by Gasteiger charge is 2.34. The molecule has 1 aliphatic heterocycles. The third-order valence-electron chi connectivity index (χ3n) is 4.56. The van der Waals surface area contributed by atoms with E-state index in [2.05, 4.69) is 9.82 Å². The largest absolute Gasteiger partial charge is 0.497 e. The van der Waals surface area contributed by atoms with E-state index in [-0.39, 0.29) is 5.75 Å². The van der Waals surface area contributed by atoms with Crippen LogP contribution in [0.1, 0.15) is 30.5 Å². The van der Waals surface area contributed by atoms with Crippen LogP contribution in [0.25, 0.3) is 0 Å². The number of hydrogen-bond acceptors (Lipinski definition) is 6. The first-order chi connectivity index (χ1) is 13.6. The molecule has 1 N–H and O–H groups in total. The topological polar surface area (TPSA) is 105 Å². The molecular weight excluding hydrogens is 414 g/mol. The van der Waals surface area contributed by atoms with Crippen molar-refractivity contribution in [3.8, 4) is 5.75 Å². The molecule has 0 fully saturated rings. The van der Waals surface area contributed by atoms with Gasteiger partial charge in [-0.25, -0.2) is 16.8 Å². The summed E-state index contributed by atoms with van der Waals surface area (Å²) in [5.41, 5.74) is 2.42. The Bertz CT molecular complexity index is 1130. The average Bonchev–Trinajstić information content (AvgIpc) is 3.14. The molecule has 0 spiro atoms. The molecule has 0 amide bonds. The third kappa shape index (κ3) is 4.88. The van der Waals surface area contributed by atoms with Crippen LogP contribution in [0.15, 0.2) is 53.6 Å². The van der Waals surface area contributed by atoms with Crippen LogP contribution in [0, 0.1) is 0 Å². The maximum Gasteiger partial charge on any atom is 0.247 e. The second kappa shape index (κ2) is 8.03. The fourth-order valence-corrected chi connectivity index (χ4v) is 4.59. The van der Waals surface area contributed by atoms with Crippen LogP contribution in [0.2, 0.25) is 0 Å². The number of anilines is 1. The van der Waals surface area contributed by atoms with Crippen LogP contribution >= 0.6 is 0 Å². The van der Waals surface area contributed by atoms with Crippen molar-refractivity contribution in [2.24, 2.45) is 5.10 Å². The van der Waals surface area contributed by atoms with E-state index in [4.69, 9.17) is 4.74 Å². The number of nitrogens with one attached hydrogen (secondary N) is 1. The summed E-state index contributed by atoms with van der Waals surface area (Å²) in [7, 11) is -5.45. The molecular formula is C19H23N3O5S2. The molecule has 2 aromatic rings. The Hall–Kier alpha value is -2.59. The van der Waals surface area contributed by atoms with E-state index < -0.39 is 26.1 Å². The second-order valence-electron chi connectivity index (χ2n) is 6.66. The van der Waals surface area contributed by atoms with Crippen molar-refractivity contribution < 1.29 is 21.6 Å². The van der Waals surface area contributed by atoms with Crippen molar-refractivity contribution in [1.29, 1.82) is 0 Å². The fraction of sp³-hybridized carbons (Fsp3) is 0.316. The molecule has 156 valence electrons. The van der Waals surface area contributed by atoms with Gasteiger partial charge in [0, 0.05) is 12.1 Å². The molecule has 1 atom stereocenters. The maximum absolute atomic E-state index is 12.3. The SMILES string of the molecule is CCS(=O)(=O)Nc1cccc(C2=NN(S(C)(=O)=O)C(c3ccc(OC)cc3)C2)c1. The van der Waals surface area contributed by atoms with Crippen molar-refractivity contribution in [1.82, 2.24) is 4.41 Å². The Balaban J connectivity index is 1.94. The normalized spacial score (nSPS) is 17.1. The van der Waals surface area contributed by atoms with Gasteiger partial charge in [0.05, 0.1) is 30.9 Å². The van der Waals surface area contributed by atoms with E-state index in [0.29, 0.717) is 29.1 Å². The van der Waals surface area contributed by atoms with Gasteiger partial charge in [-0.1, -0.05) is 24.3 Å². The summed E-state index contributed by atoms with van der Waals surface area (Å²) in [5, 5.41) is 4.34. The highest BCUT2D eigenvalue weighted by Crippen LogP contribution is 2.35. The zero-order valence-electron chi connectivity index (χ0n) is 16.4. The van der Waals surface area contributed by atoms with Gasteiger partial charge in [-0.3, -0.25) is 4.72 Å². The lowest BCUT2D eigenvalue weighted by molar-refractivity contribution is 0.374. The first-order valence-electron chi connectivity index (χ1n) is 8.94.